The van der Waals surface area contributed by atoms with Gasteiger partial charge in [0, 0.05) is 11.3 Å². The fourth-order valence-electron chi connectivity index (χ4n) is 7.47. The maximum Gasteiger partial charge on any atom is 0.133 e. The summed E-state index contributed by atoms with van der Waals surface area (Å²) in [6, 6.07) is 52.4. The van der Waals surface area contributed by atoms with Gasteiger partial charge in [-0.25, -0.2) is 0 Å². The maximum absolute atomic E-state index is 5.29. The average Bonchev–Trinajstić information content (AvgIpc) is 3.55. The fraction of sp³-hybridized carbons (Fsp3) is 0.0816. The summed E-state index contributed by atoms with van der Waals surface area (Å²) in [5.74, 6) is 0.868. The number of aryl methyl sites for hydroxylation is 1. The Bertz CT molecular complexity index is 2460. The highest BCUT2D eigenvalue weighted by atomic mass is 15.0. The standard InChI is InChI=1S/C49H40N2/c1-4-14-42-34(5-2)20-13-21-43(42)35-23-25-36(26-24-35)44-28-27-40(48-45-30-39-19-11-10-18-38(39)29-41(45)31-46(44)48)32-50-49(37-16-7-6-8-17-37)51-47-22-12-9-15-33(47)3/h4-30H,2,31-32H2,1,3H3,(H,50,51)/b14-4-. The first kappa shape index (κ1) is 32.0. The molecule has 1 aliphatic carbocycles. The number of fused-ring (bicyclic) bond motifs is 4. The lowest BCUT2D eigenvalue weighted by molar-refractivity contribution is 1.06. The Balaban J connectivity index is 1.23. The number of hydrogen-bond acceptors (Lipinski definition) is 1. The largest absolute Gasteiger partial charge is 0.340 e. The van der Waals surface area contributed by atoms with Crippen LogP contribution in [0.15, 0.2) is 163 Å². The van der Waals surface area contributed by atoms with Crippen molar-refractivity contribution in [1.82, 2.24) is 0 Å². The van der Waals surface area contributed by atoms with Crippen LogP contribution in [0.4, 0.5) is 5.69 Å². The van der Waals surface area contributed by atoms with Crippen molar-refractivity contribution < 1.29 is 0 Å². The van der Waals surface area contributed by atoms with E-state index in [1.165, 1.54) is 72.0 Å². The molecule has 1 aliphatic rings. The van der Waals surface area contributed by atoms with Gasteiger partial charge < -0.3 is 5.32 Å². The van der Waals surface area contributed by atoms with Gasteiger partial charge in [0.05, 0.1) is 6.54 Å². The second-order valence-electron chi connectivity index (χ2n) is 13.2. The van der Waals surface area contributed by atoms with Crippen molar-refractivity contribution in [3.63, 3.8) is 0 Å². The van der Waals surface area contributed by atoms with Crippen LogP contribution in [0.1, 0.15) is 45.9 Å². The van der Waals surface area contributed by atoms with E-state index in [0.717, 1.165) is 29.1 Å². The van der Waals surface area contributed by atoms with Crippen LogP contribution >= 0.6 is 0 Å². The van der Waals surface area contributed by atoms with Crippen LogP contribution in [-0.2, 0) is 13.0 Å². The van der Waals surface area contributed by atoms with Crippen LogP contribution in [0.2, 0.25) is 0 Å². The smallest absolute Gasteiger partial charge is 0.133 e. The van der Waals surface area contributed by atoms with Crippen LogP contribution in [0.5, 0.6) is 0 Å². The second kappa shape index (κ2) is 13.9. The molecular weight excluding hydrogens is 617 g/mol. The zero-order valence-corrected chi connectivity index (χ0v) is 29.2. The summed E-state index contributed by atoms with van der Waals surface area (Å²) >= 11 is 0. The van der Waals surface area contributed by atoms with E-state index in [2.05, 4.69) is 177 Å². The summed E-state index contributed by atoms with van der Waals surface area (Å²) in [6.07, 6.45) is 7.10. The predicted octanol–water partition coefficient (Wildman–Crippen LogP) is 12.8. The Labute approximate surface area is 301 Å². The molecule has 0 saturated carbocycles. The zero-order valence-electron chi connectivity index (χ0n) is 29.2. The summed E-state index contributed by atoms with van der Waals surface area (Å²) in [6.45, 7) is 8.80. The van der Waals surface area contributed by atoms with Crippen molar-refractivity contribution in [2.24, 2.45) is 4.99 Å². The molecule has 0 radical (unpaired) electrons. The molecule has 0 aromatic heterocycles. The molecular formula is C49H40N2. The van der Waals surface area contributed by atoms with E-state index >= 15 is 0 Å². The van der Waals surface area contributed by atoms with Gasteiger partial charge in [-0.15, -0.1) is 0 Å². The van der Waals surface area contributed by atoms with Crippen molar-refractivity contribution in [3.8, 4) is 33.4 Å². The van der Waals surface area contributed by atoms with E-state index in [4.69, 9.17) is 4.99 Å². The number of nitrogens with one attached hydrogen (secondary N) is 1. The number of rotatable bonds is 8. The Hall–Kier alpha value is -6.25. The van der Waals surface area contributed by atoms with Crippen LogP contribution < -0.4 is 5.32 Å². The van der Waals surface area contributed by atoms with Crippen LogP contribution in [-0.4, -0.2) is 5.84 Å². The van der Waals surface area contributed by atoms with Crippen molar-refractivity contribution in [1.29, 1.82) is 0 Å². The van der Waals surface area contributed by atoms with Gasteiger partial charge in [-0.2, -0.15) is 0 Å². The molecule has 7 aromatic carbocycles. The zero-order chi connectivity index (χ0) is 34.7. The van der Waals surface area contributed by atoms with E-state index in [9.17, 15) is 0 Å². The summed E-state index contributed by atoms with van der Waals surface area (Å²) in [4.78, 5) is 5.29. The van der Waals surface area contributed by atoms with E-state index in [0.29, 0.717) is 6.54 Å². The second-order valence-corrected chi connectivity index (χ2v) is 13.2. The van der Waals surface area contributed by atoms with Gasteiger partial charge in [-0.1, -0.05) is 158 Å². The highest BCUT2D eigenvalue weighted by Crippen LogP contribution is 2.46. The third-order valence-electron chi connectivity index (χ3n) is 10.1. The molecule has 8 rings (SSSR count). The SMILES string of the molecule is C=Cc1cccc(-c2ccc(-c3ccc(CN=C(Nc4ccccc4C)c4ccccc4)c4c3Cc3cc5ccccc5cc3-4)cc2)c1/C=C\C. The molecule has 0 bridgehead atoms. The molecule has 0 aliphatic heterocycles. The van der Waals surface area contributed by atoms with Crippen molar-refractivity contribution >= 4 is 34.4 Å². The molecule has 0 spiro atoms. The third kappa shape index (κ3) is 6.22. The lowest BCUT2D eigenvalue weighted by atomic mass is 9.90. The molecule has 0 saturated heterocycles. The van der Waals surface area contributed by atoms with Crippen molar-refractivity contribution in [3.05, 3.63) is 197 Å². The Morgan fingerprint density at radius 3 is 2.16 bits per heavy atom. The first-order chi connectivity index (χ1) is 25.1. The number of anilines is 1. The Kier molecular flexibility index (Phi) is 8.74. The number of aliphatic imine (C=N–C) groups is 1. The molecule has 51 heavy (non-hydrogen) atoms. The highest BCUT2D eigenvalue weighted by Gasteiger charge is 2.25. The normalized spacial score (nSPS) is 12.2. The topological polar surface area (TPSA) is 24.4 Å². The van der Waals surface area contributed by atoms with Gasteiger partial charge in [0.15, 0.2) is 0 Å². The number of amidine groups is 1. The summed E-state index contributed by atoms with van der Waals surface area (Å²) in [5, 5.41) is 6.20. The van der Waals surface area contributed by atoms with E-state index in [-0.39, 0.29) is 0 Å². The maximum atomic E-state index is 5.29. The number of hydrogen-bond donors (Lipinski definition) is 1. The van der Waals surface area contributed by atoms with E-state index < -0.39 is 0 Å². The predicted molar refractivity (Wildman–Crippen MR) is 219 cm³/mol. The van der Waals surface area contributed by atoms with Crippen LogP contribution in [0.3, 0.4) is 0 Å². The molecule has 2 nitrogen and oxygen atoms in total. The number of benzene rings is 7. The molecule has 0 unspecified atom stereocenters. The van der Waals surface area contributed by atoms with Gasteiger partial charge >= 0.3 is 0 Å². The molecule has 7 aromatic rings. The number of allylic oxidation sites excluding steroid dienone is 1. The average molecular weight is 657 g/mol. The number of para-hydroxylation sites is 1. The molecule has 246 valence electrons. The quantitative estimate of drug-likeness (QED) is 0.128. The summed E-state index contributed by atoms with van der Waals surface area (Å²) < 4.78 is 0. The van der Waals surface area contributed by atoms with Crippen LogP contribution in [0.25, 0.3) is 56.3 Å². The van der Waals surface area contributed by atoms with Gasteiger partial charge in [0.2, 0.25) is 0 Å². The molecule has 1 N–H and O–H groups in total. The first-order valence-electron chi connectivity index (χ1n) is 17.7. The van der Waals surface area contributed by atoms with Gasteiger partial charge in [-0.05, 0) is 110 Å². The van der Waals surface area contributed by atoms with Gasteiger partial charge in [-0.3, -0.25) is 4.99 Å². The minimum atomic E-state index is 0.560. The highest BCUT2D eigenvalue weighted by molar-refractivity contribution is 6.08. The molecule has 0 heterocycles. The Morgan fingerprint density at radius 1 is 0.706 bits per heavy atom. The van der Waals surface area contributed by atoms with E-state index in [1.54, 1.807) is 0 Å². The molecule has 2 heteroatoms. The number of nitrogens with zero attached hydrogens (tertiary/aromatic N) is 1. The molecule has 0 atom stereocenters. The fourth-order valence-corrected chi connectivity index (χ4v) is 7.47. The minimum Gasteiger partial charge on any atom is -0.340 e. The van der Waals surface area contributed by atoms with Crippen molar-refractivity contribution in [2.45, 2.75) is 26.8 Å². The molecule has 0 amide bonds. The van der Waals surface area contributed by atoms with Crippen molar-refractivity contribution in [2.75, 3.05) is 5.32 Å². The summed E-state index contributed by atoms with van der Waals surface area (Å²) in [7, 11) is 0. The lowest BCUT2D eigenvalue weighted by Gasteiger charge is -2.16. The van der Waals surface area contributed by atoms with Gasteiger partial charge in [0.1, 0.15) is 5.84 Å². The third-order valence-corrected chi connectivity index (χ3v) is 10.1. The Morgan fingerprint density at radius 2 is 1.41 bits per heavy atom. The monoisotopic (exact) mass is 656 g/mol. The van der Waals surface area contributed by atoms with E-state index in [1.807, 2.05) is 12.1 Å². The lowest BCUT2D eigenvalue weighted by Crippen LogP contribution is -2.15. The first-order valence-corrected chi connectivity index (χ1v) is 17.7. The summed E-state index contributed by atoms with van der Waals surface area (Å²) in [5.41, 5.74) is 17.2. The minimum absolute atomic E-state index is 0.560. The molecule has 0 fully saturated rings. The van der Waals surface area contributed by atoms with Gasteiger partial charge in [0.25, 0.3) is 0 Å². The van der Waals surface area contributed by atoms with Crippen LogP contribution in [0, 0.1) is 6.92 Å².